The van der Waals surface area contributed by atoms with Crippen molar-refractivity contribution in [1.29, 1.82) is 0 Å². The maximum absolute atomic E-state index is 4.40. The molecule has 3 nitrogen and oxygen atoms in total. The van der Waals surface area contributed by atoms with Crippen LogP contribution in [0.2, 0.25) is 0 Å². The first-order chi connectivity index (χ1) is 12.8. The number of benzene rings is 4. The van der Waals surface area contributed by atoms with E-state index in [-0.39, 0.29) is 0 Å². The van der Waals surface area contributed by atoms with Gasteiger partial charge < -0.3 is 0 Å². The largest absolute Gasteiger partial charge is 0.212 e. The topological polar surface area (TPSA) is 30.7 Å². The Morgan fingerprint density at radius 2 is 1.38 bits per heavy atom. The van der Waals surface area contributed by atoms with E-state index in [1.54, 1.807) is 0 Å². The lowest BCUT2D eigenvalue weighted by atomic mass is 9.94. The summed E-state index contributed by atoms with van der Waals surface area (Å²) in [6.07, 6.45) is 0. The molecule has 1 aromatic heterocycles. The van der Waals surface area contributed by atoms with E-state index in [0.29, 0.717) is 0 Å². The van der Waals surface area contributed by atoms with E-state index in [9.17, 15) is 0 Å². The Morgan fingerprint density at radius 3 is 2.27 bits per heavy atom. The third kappa shape index (κ3) is 2.21. The predicted molar refractivity (Wildman–Crippen MR) is 107 cm³/mol. The molecule has 0 N–H and O–H groups in total. The van der Waals surface area contributed by atoms with Crippen LogP contribution < -0.4 is 0 Å². The number of para-hydroxylation sites is 1. The molecule has 0 aliphatic rings. The number of aryl methyl sites for hydroxylation is 1. The van der Waals surface area contributed by atoms with Crippen LogP contribution >= 0.6 is 0 Å². The first kappa shape index (κ1) is 14.8. The molecule has 0 aliphatic heterocycles. The molecule has 0 saturated carbocycles. The maximum atomic E-state index is 4.40. The minimum atomic E-state index is 0.902. The molecule has 0 amide bonds. The molecule has 0 spiro atoms. The summed E-state index contributed by atoms with van der Waals surface area (Å²) < 4.78 is 1.93. The zero-order valence-electron chi connectivity index (χ0n) is 14.4. The quantitative estimate of drug-likeness (QED) is 0.423. The Balaban J connectivity index is 1.82. The molecule has 5 rings (SSSR count). The molecule has 0 unspecified atom stereocenters. The monoisotopic (exact) mass is 335 g/mol. The summed E-state index contributed by atoms with van der Waals surface area (Å²) >= 11 is 0. The lowest BCUT2D eigenvalue weighted by Gasteiger charge is -2.13. The van der Waals surface area contributed by atoms with Gasteiger partial charge in [0.15, 0.2) is 0 Å². The zero-order valence-corrected chi connectivity index (χ0v) is 14.4. The average Bonchev–Trinajstić information content (AvgIpc) is 3.12. The van der Waals surface area contributed by atoms with Crippen LogP contribution in [0.3, 0.4) is 0 Å². The Kier molecular flexibility index (Phi) is 3.32. The van der Waals surface area contributed by atoms with Gasteiger partial charge in [0, 0.05) is 5.39 Å². The first-order valence-electron chi connectivity index (χ1n) is 8.71. The van der Waals surface area contributed by atoms with Crippen molar-refractivity contribution >= 4 is 21.8 Å². The molecule has 0 radical (unpaired) electrons. The molecule has 0 bridgehead atoms. The Hall–Kier alpha value is -3.46. The molecule has 124 valence electrons. The van der Waals surface area contributed by atoms with Crippen LogP contribution in [0, 0.1) is 6.92 Å². The third-order valence-electron chi connectivity index (χ3n) is 4.92. The molecule has 4 aromatic carbocycles. The number of aromatic nitrogens is 3. The predicted octanol–water partition coefficient (Wildman–Crippen LogP) is 5.55. The standard InChI is InChI=1S/C23H17N3/c1-16-8-2-3-9-17(16)19-14-15-22(20-11-5-4-10-18(19)20)26-23-13-7-6-12-21(23)24-25-26/h2-15H,1H3. The van der Waals surface area contributed by atoms with Gasteiger partial charge in [0.05, 0.1) is 11.2 Å². The van der Waals surface area contributed by atoms with Crippen molar-refractivity contribution in [3.8, 4) is 16.8 Å². The fourth-order valence-corrected chi connectivity index (χ4v) is 3.62. The number of fused-ring (bicyclic) bond motifs is 2. The van der Waals surface area contributed by atoms with Gasteiger partial charge in [-0.2, -0.15) is 0 Å². The van der Waals surface area contributed by atoms with Crippen molar-refractivity contribution in [2.45, 2.75) is 6.92 Å². The zero-order chi connectivity index (χ0) is 17.5. The highest BCUT2D eigenvalue weighted by Gasteiger charge is 2.13. The summed E-state index contributed by atoms with van der Waals surface area (Å²) in [6.45, 7) is 2.16. The molecule has 0 fully saturated rings. The fraction of sp³-hybridized carbons (Fsp3) is 0.0435. The van der Waals surface area contributed by atoms with E-state index in [1.807, 2.05) is 22.9 Å². The van der Waals surface area contributed by atoms with Crippen molar-refractivity contribution in [2.24, 2.45) is 0 Å². The average molecular weight is 335 g/mol. The van der Waals surface area contributed by atoms with E-state index in [0.717, 1.165) is 16.7 Å². The van der Waals surface area contributed by atoms with Crippen molar-refractivity contribution < 1.29 is 0 Å². The second-order valence-corrected chi connectivity index (χ2v) is 6.48. The van der Waals surface area contributed by atoms with Gasteiger partial charge in [0.2, 0.25) is 0 Å². The highest BCUT2D eigenvalue weighted by atomic mass is 15.4. The highest BCUT2D eigenvalue weighted by Crippen LogP contribution is 2.34. The van der Waals surface area contributed by atoms with Crippen molar-refractivity contribution in [3.63, 3.8) is 0 Å². The van der Waals surface area contributed by atoms with Crippen LogP contribution in [0.15, 0.2) is 84.9 Å². The third-order valence-corrected chi connectivity index (χ3v) is 4.92. The molecule has 0 saturated heterocycles. The summed E-state index contributed by atoms with van der Waals surface area (Å²) in [5, 5.41) is 11.1. The molecular formula is C23H17N3. The summed E-state index contributed by atoms with van der Waals surface area (Å²) in [6, 6.07) is 29.4. The van der Waals surface area contributed by atoms with Crippen LogP contribution in [-0.4, -0.2) is 15.0 Å². The lowest BCUT2D eigenvalue weighted by molar-refractivity contribution is 0.829. The van der Waals surface area contributed by atoms with Gasteiger partial charge >= 0.3 is 0 Å². The van der Waals surface area contributed by atoms with Gasteiger partial charge in [0.1, 0.15) is 5.52 Å². The van der Waals surface area contributed by atoms with E-state index in [1.165, 1.54) is 27.5 Å². The molecule has 1 heterocycles. The molecule has 5 aromatic rings. The van der Waals surface area contributed by atoms with Gasteiger partial charge in [-0.25, -0.2) is 4.68 Å². The van der Waals surface area contributed by atoms with Crippen molar-refractivity contribution in [3.05, 3.63) is 90.5 Å². The SMILES string of the molecule is Cc1ccccc1-c1ccc(-n2nnc3ccccc32)c2ccccc12. The summed E-state index contributed by atoms with van der Waals surface area (Å²) in [7, 11) is 0. The number of hydrogen-bond acceptors (Lipinski definition) is 2. The van der Waals surface area contributed by atoms with Crippen LogP contribution in [-0.2, 0) is 0 Å². The van der Waals surface area contributed by atoms with Gasteiger partial charge in [-0.1, -0.05) is 71.9 Å². The summed E-state index contributed by atoms with van der Waals surface area (Å²) in [5.74, 6) is 0. The van der Waals surface area contributed by atoms with E-state index in [2.05, 4.69) is 84.0 Å². The minimum absolute atomic E-state index is 0.902. The van der Waals surface area contributed by atoms with E-state index >= 15 is 0 Å². The molecule has 26 heavy (non-hydrogen) atoms. The maximum Gasteiger partial charge on any atom is 0.113 e. The smallest absolute Gasteiger partial charge is 0.113 e. The minimum Gasteiger partial charge on any atom is -0.212 e. The Bertz CT molecular complexity index is 1250. The van der Waals surface area contributed by atoms with E-state index < -0.39 is 0 Å². The molecule has 0 aliphatic carbocycles. The molecule has 0 atom stereocenters. The Labute approximate surface area is 151 Å². The van der Waals surface area contributed by atoms with Gasteiger partial charge in [0.25, 0.3) is 0 Å². The van der Waals surface area contributed by atoms with Gasteiger partial charge in [-0.15, -0.1) is 5.10 Å². The first-order valence-corrected chi connectivity index (χ1v) is 8.71. The summed E-state index contributed by atoms with van der Waals surface area (Å²) in [4.78, 5) is 0. The number of rotatable bonds is 2. The summed E-state index contributed by atoms with van der Waals surface area (Å²) in [5.41, 5.74) is 6.75. The number of hydrogen-bond donors (Lipinski definition) is 0. The van der Waals surface area contributed by atoms with Gasteiger partial charge in [-0.05, 0) is 47.2 Å². The fourth-order valence-electron chi connectivity index (χ4n) is 3.62. The van der Waals surface area contributed by atoms with Crippen LogP contribution in [0.5, 0.6) is 0 Å². The second kappa shape index (κ2) is 5.81. The Morgan fingerprint density at radius 1 is 0.654 bits per heavy atom. The molecule has 3 heteroatoms. The van der Waals surface area contributed by atoms with Gasteiger partial charge in [-0.3, -0.25) is 0 Å². The van der Waals surface area contributed by atoms with Crippen LogP contribution in [0.1, 0.15) is 5.56 Å². The van der Waals surface area contributed by atoms with E-state index in [4.69, 9.17) is 0 Å². The van der Waals surface area contributed by atoms with Crippen LogP contribution in [0.4, 0.5) is 0 Å². The van der Waals surface area contributed by atoms with Crippen molar-refractivity contribution in [2.75, 3.05) is 0 Å². The van der Waals surface area contributed by atoms with Crippen molar-refractivity contribution in [1.82, 2.24) is 15.0 Å². The highest BCUT2D eigenvalue weighted by molar-refractivity contribution is 6.02. The molecular weight excluding hydrogens is 318 g/mol. The van der Waals surface area contributed by atoms with Crippen LogP contribution in [0.25, 0.3) is 38.6 Å². The number of nitrogens with zero attached hydrogens (tertiary/aromatic N) is 3. The second-order valence-electron chi connectivity index (χ2n) is 6.48. The normalized spacial score (nSPS) is 11.3. The lowest BCUT2D eigenvalue weighted by Crippen LogP contribution is -1.98.